The van der Waals surface area contributed by atoms with E-state index in [1.54, 1.807) is 6.92 Å². The van der Waals surface area contributed by atoms with Crippen LogP contribution in [0, 0.1) is 5.92 Å². The van der Waals surface area contributed by atoms with Crippen molar-refractivity contribution in [1.29, 1.82) is 0 Å². The lowest BCUT2D eigenvalue weighted by Gasteiger charge is -2.16. The van der Waals surface area contributed by atoms with Crippen molar-refractivity contribution in [2.24, 2.45) is 5.92 Å². The second kappa shape index (κ2) is 8.56. The van der Waals surface area contributed by atoms with E-state index in [-0.39, 0.29) is 17.6 Å². The summed E-state index contributed by atoms with van der Waals surface area (Å²) in [6.07, 6.45) is -6.16. The Morgan fingerprint density at radius 2 is 1.62 bits per heavy atom. The van der Waals surface area contributed by atoms with Gasteiger partial charge in [-0.25, -0.2) is 4.79 Å². The van der Waals surface area contributed by atoms with Gasteiger partial charge in [0.05, 0.1) is 5.92 Å². The highest BCUT2D eigenvalue weighted by Crippen LogP contribution is 2.23. The third-order valence-electron chi connectivity index (χ3n) is 3.18. The van der Waals surface area contributed by atoms with E-state index in [0.717, 1.165) is 6.92 Å². The molecule has 24 heavy (non-hydrogen) atoms. The third kappa shape index (κ3) is 6.47. The quantitative estimate of drug-likeness (QED) is 0.557. The molecule has 1 rings (SSSR count). The molecule has 0 amide bonds. The van der Waals surface area contributed by atoms with Crippen LogP contribution in [0.1, 0.15) is 27.2 Å². The summed E-state index contributed by atoms with van der Waals surface area (Å²) in [5, 5.41) is 0. The van der Waals surface area contributed by atoms with Gasteiger partial charge in [-0.1, -0.05) is 13.8 Å². The zero-order chi connectivity index (χ0) is 18.3. The first-order valence-corrected chi connectivity index (χ1v) is 7.34. The average Bonchev–Trinajstić information content (AvgIpc) is 2.52. The third-order valence-corrected chi connectivity index (χ3v) is 3.18. The average molecular weight is 348 g/mol. The second-order valence-corrected chi connectivity index (χ2v) is 5.16. The smallest absolute Gasteiger partial charge is 0.425 e. The highest BCUT2D eigenvalue weighted by atomic mass is 19.4. The maximum absolute atomic E-state index is 12.2. The standard InChI is InChI=1S/C16H19F3O5/c1-4-10(2)15(21)24-13-7-5-12(6-8-13)22-9-14(20)23-11(3)16(17,18)19/h5-8,10-11H,4,9H2,1-3H3. The Balaban J connectivity index is 2.47. The second-order valence-electron chi connectivity index (χ2n) is 5.16. The van der Waals surface area contributed by atoms with E-state index in [1.165, 1.54) is 24.3 Å². The largest absolute Gasteiger partial charge is 0.482 e. The van der Waals surface area contributed by atoms with Crippen LogP contribution in [0.25, 0.3) is 0 Å². The van der Waals surface area contributed by atoms with Crippen LogP contribution in [-0.2, 0) is 14.3 Å². The zero-order valence-corrected chi connectivity index (χ0v) is 13.6. The molecule has 0 aliphatic carbocycles. The highest BCUT2D eigenvalue weighted by molar-refractivity contribution is 5.74. The molecule has 0 radical (unpaired) electrons. The van der Waals surface area contributed by atoms with Crippen LogP contribution in [0.4, 0.5) is 13.2 Å². The van der Waals surface area contributed by atoms with Crippen LogP contribution in [0.2, 0.25) is 0 Å². The molecule has 0 aliphatic heterocycles. The van der Waals surface area contributed by atoms with Gasteiger partial charge < -0.3 is 14.2 Å². The molecule has 2 unspecified atom stereocenters. The summed E-state index contributed by atoms with van der Waals surface area (Å²) >= 11 is 0. The van der Waals surface area contributed by atoms with Crippen LogP contribution >= 0.6 is 0 Å². The van der Waals surface area contributed by atoms with E-state index in [0.29, 0.717) is 12.2 Å². The molecule has 8 heteroatoms. The van der Waals surface area contributed by atoms with E-state index >= 15 is 0 Å². The maximum atomic E-state index is 12.2. The number of hydrogen-bond donors (Lipinski definition) is 0. The number of halogens is 3. The Kier molecular flexibility index (Phi) is 7.06. The molecule has 0 spiro atoms. The van der Waals surface area contributed by atoms with Crippen LogP contribution in [0.5, 0.6) is 11.5 Å². The summed E-state index contributed by atoms with van der Waals surface area (Å²) in [6, 6.07) is 5.78. The van der Waals surface area contributed by atoms with Crippen LogP contribution in [-0.4, -0.2) is 30.8 Å². The first kappa shape index (κ1) is 19.8. The summed E-state index contributed by atoms with van der Waals surface area (Å²) in [7, 11) is 0. The van der Waals surface area contributed by atoms with Crippen molar-refractivity contribution in [1.82, 2.24) is 0 Å². The Morgan fingerprint density at radius 1 is 1.08 bits per heavy atom. The topological polar surface area (TPSA) is 61.8 Å². The van der Waals surface area contributed by atoms with E-state index in [1.807, 2.05) is 6.92 Å². The molecule has 0 N–H and O–H groups in total. The van der Waals surface area contributed by atoms with E-state index in [9.17, 15) is 22.8 Å². The summed E-state index contributed by atoms with van der Waals surface area (Å²) in [5.74, 6) is -1.19. The monoisotopic (exact) mass is 348 g/mol. The van der Waals surface area contributed by atoms with Gasteiger partial charge in [-0.2, -0.15) is 13.2 Å². The molecule has 0 saturated heterocycles. The number of benzene rings is 1. The minimum atomic E-state index is -4.61. The number of carbonyl (C=O) groups excluding carboxylic acids is 2. The van der Waals surface area contributed by atoms with Crippen molar-refractivity contribution >= 4 is 11.9 Å². The van der Waals surface area contributed by atoms with Crippen LogP contribution < -0.4 is 9.47 Å². The fourth-order valence-electron chi connectivity index (χ4n) is 1.43. The summed E-state index contributed by atoms with van der Waals surface area (Å²) < 4.78 is 51.1. The highest BCUT2D eigenvalue weighted by Gasteiger charge is 2.39. The number of esters is 2. The van der Waals surface area contributed by atoms with Crippen LogP contribution in [0.3, 0.4) is 0 Å². The molecular formula is C16H19F3O5. The first-order chi connectivity index (χ1) is 11.1. The Labute approximate surface area is 137 Å². The molecule has 1 aromatic carbocycles. The molecule has 0 fully saturated rings. The van der Waals surface area contributed by atoms with Gasteiger partial charge in [-0.15, -0.1) is 0 Å². The van der Waals surface area contributed by atoms with Gasteiger partial charge in [0.1, 0.15) is 11.5 Å². The Hall–Kier alpha value is -2.25. The summed E-state index contributed by atoms with van der Waals surface area (Å²) in [5.41, 5.74) is 0. The van der Waals surface area contributed by atoms with Gasteiger partial charge in [0.25, 0.3) is 0 Å². The lowest BCUT2D eigenvalue weighted by Crippen LogP contribution is -2.32. The molecule has 2 atom stereocenters. The maximum Gasteiger partial charge on any atom is 0.425 e. The number of hydrogen-bond acceptors (Lipinski definition) is 5. The molecule has 5 nitrogen and oxygen atoms in total. The lowest BCUT2D eigenvalue weighted by molar-refractivity contribution is -0.217. The first-order valence-electron chi connectivity index (χ1n) is 7.34. The predicted octanol–water partition coefficient (Wildman–Crippen LogP) is 3.51. The summed E-state index contributed by atoms with van der Waals surface area (Å²) in [6.45, 7) is 3.68. The lowest BCUT2D eigenvalue weighted by atomic mass is 10.1. The SMILES string of the molecule is CCC(C)C(=O)Oc1ccc(OCC(=O)OC(C)C(F)(F)F)cc1. The predicted molar refractivity (Wildman–Crippen MR) is 78.6 cm³/mol. The van der Waals surface area contributed by atoms with Crippen molar-refractivity contribution < 1.29 is 37.0 Å². The Bertz CT molecular complexity index is 554. The molecular weight excluding hydrogens is 329 g/mol. The normalized spacial score (nSPS) is 13.8. The fraction of sp³-hybridized carbons (Fsp3) is 0.500. The van der Waals surface area contributed by atoms with Gasteiger partial charge in [-0.3, -0.25) is 4.79 Å². The van der Waals surface area contributed by atoms with Gasteiger partial charge in [0.15, 0.2) is 12.7 Å². The molecule has 1 aromatic rings. The van der Waals surface area contributed by atoms with Crippen molar-refractivity contribution in [2.75, 3.05) is 6.61 Å². The molecule has 0 heterocycles. The summed E-state index contributed by atoms with van der Waals surface area (Å²) in [4.78, 5) is 22.9. The minimum absolute atomic E-state index is 0.230. The van der Waals surface area contributed by atoms with Gasteiger partial charge in [0.2, 0.25) is 0 Å². The fourth-order valence-corrected chi connectivity index (χ4v) is 1.43. The number of ether oxygens (including phenoxy) is 3. The molecule has 0 saturated carbocycles. The van der Waals surface area contributed by atoms with Crippen LogP contribution in [0.15, 0.2) is 24.3 Å². The minimum Gasteiger partial charge on any atom is -0.482 e. The van der Waals surface area contributed by atoms with Crippen molar-refractivity contribution in [3.8, 4) is 11.5 Å². The molecule has 0 aliphatic rings. The van der Waals surface area contributed by atoms with Gasteiger partial charge >= 0.3 is 18.1 Å². The van der Waals surface area contributed by atoms with Crippen molar-refractivity contribution in [2.45, 2.75) is 39.5 Å². The molecule has 134 valence electrons. The van der Waals surface area contributed by atoms with Gasteiger partial charge in [-0.05, 0) is 37.6 Å². The van der Waals surface area contributed by atoms with Crippen molar-refractivity contribution in [3.05, 3.63) is 24.3 Å². The molecule has 0 bridgehead atoms. The van der Waals surface area contributed by atoms with E-state index in [4.69, 9.17) is 9.47 Å². The number of alkyl halides is 3. The zero-order valence-electron chi connectivity index (χ0n) is 13.6. The number of carbonyl (C=O) groups is 2. The Morgan fingerprint density at radius 3 is 2.12 bits per heavy atom. The van der Waals surface area contributed by atoms with Gasteiger partial charge in [0, 0.05) is 0 Å². The molecule has 0 aromatic heterocycles. The number of rotatable bonds is 7. The van der Waals surface area contributed by atoms with Crippen molar-refractivity contribution in [3.63, 3.8) is 0 Å². The van der Waals surface area contributed by atoms with E-state index < -0.39 is 24.9 Å². The van der Waals surface area contributed by atoms with E-state index in [2.05, 4.69) is 4.74 Å².